The third-order valence-electron chi connectivity index (χ3n) is 4.97. The zero-order valence-corrected chi connectivity index (χ0v) is 15.2. The van der Waals surface area contributed by atoms with Gasteiger partial charge in [0.25, 0.3) is 0 Å². The monoisotopic (exact) mass is 362 g/mol. The lowest BCUT2D eigenvalue weighted by Crippen LogP contribution is -2.46. The molecule has 0 spiro atoms. The maximum Gasteiger partial charge on any atom is 0.123 e. The van der Waals surface area contributed by atoms with Crippen LogP contribution in [-0.2, 0) is 6.42 Å². The minimum Gasteiger partial charge on any atom is -0.304 e. The Morgan fingerprint density at radius 3 is 2.58 bits per heavy atom. The lowest BCUT2D eigenvalue weighted by Gasteiger charge is -2.38. The van der Waals surface area contributed by atoms with Gasteiger partial charge in [0.2, 0.25) is 0 Å². The van der Waals surface area contributed by atoms with Crippen LogP contribution in [-0.4, -0.2) is 43.0 Å². The largest absolute Gasteiger partial charge is 0.304 e. The lowest BCUT2D eigenvalue weighted by atomic mass is 9.96. The number of halogens is 2. The van der Waals surface area contributed by atoms with Gasteiger partial charge in [0.1, 0.15) is 5.82 Å². The summed E-state index contributed by atoms with van der Waals surface area (Å²) in [5.74, 6) is -0.155. The smallest absolute Gasteiger partial charge is 0.123 e. The maximum absolute atomic E-state index is 14.0. The fourth-order valence-electron chi connectivity index (χ4n) is 3.58. The molecule has 1 saturated heterocycles. The van der Waals surface area contributed by atoms with Gasteiger partial charge in [-0.05, 0) is 61.0 Å². The van der Waals surface area contributed by atoms with Crippen molar-refractivity contribution in [2.45, 2.75) is 22.3 Å². The van der Waals surface area contributed by atoms with E-state index in [1.165, 1.54) is 10.5 Å². The van der Waals surface area contributed by atoms with Gasteiger partial charge in [-0.15, -0.1) is 0 Å². The van der Waals surface area contributed by atoms with Crippen LogP contribution >= 0.6 is 23.4 Å². The number of hydrogen-bond acceptors (Lipinski definition) is 3. The van der Waals surface area contributed by atoms with Gasteiger partial charge in [-0.25, -0.2) is 4.39 Å². The van der Waals surface area contributed by atoms with E-state index in [2.05, 4.69) is 29.0 Å². The van der Waals surface area contributed by atoms with Gasteiger partial charge in [0, 0.05) is 47.0 Å². The van der Waals surface area contributed by atoms with Crippen molar-refractivity contribution in [1.29, 1.82) is 0 Å². The quantitative estimate of drug-likeness (QED) is 0.738. The van der Waals surface area contributed by atoms with Crippen molar-refractivity contribution in [3.05, 3.63) is 58.4 Å². The van der Waals surface area contributed by atoms with Crippen LogP contribution in [0.5, 0.6) is 0 Å². The van der Waals surface area contributed by atoms with Crippen LogP contribution in [0.15, 0.2) is 46.2 Å². The summed E-state index contributed by atoms with van der Waals surface area (Å²) in [4.78, 5) is 7.22. The van der Waals surface area contributed by atoms with E-state index in [4.69, 9.17) is 11.6 Å². The molecule has 126 valence electrons. The van der Waals surface area contributed by atoms with E-state index < -0.39 is 0 Å². The van der Waals surface area contributed by atoms with Crippen LogP contribution in [0.1, 0.15) is 17.2 Å². The molecule has 0 saturated carbocycles. The number of benzene rings is 2. The zero-order valence-electron chi connectivity index (χ0n) is 13.6. The maximum atomic E-state index is 14.0. The summed E-state index contributed by atoms with van der Waals surface area (Å²) in [5.41, 5.74) is 2.37. The van der Waals surface area contributed by atoms with Gasteiger partial charge >= 0.3 is 0 Å². The molecule has 2 aromatic carbocycles. The van der Waals surface area contributed by atoms with Crippen LogP contribution in [0, 0.1) is 5.82 Å². The minimum absolute atomic E-state index is 0.155. The molecule has 0 amide bonds. The summed E-state index contributed by atoms with van der Waals surface area (Å²) in [7, 11) is 2.16. The first-order chi connectivity index (χ1) is 11.6. The third-order valence-corrected chi connectivity index (χ3v) is 6.41. The van der Waals surface area contributed by atoms with E-state index in [0.29, 0.717) is 0 Å². The van der Waals surface area contributed by atoms with E-state index in [9.17, 15) is 4.39 Å². The molecule has 0 bridgehead atoms. The van der Waals surface area contributed by atoms with Crippen LogP contribution in [0.2, 0.25) is 5.02 Å². The normalized spacial score (nSPS) is 21.9. The van der Waals surface area contributed by atoms with E-state index in [1.54, 1.807) is 23.9 Å². The van der Waals surface area contributed by atoms with Crippen molar-refractivity contribution in [3.8, 4) is 0 Å². The molecule has 1 unspecified atom stereocenters. The van der Waals surface area contributed by atoms with Gasteiger partial charge in [-0.2, -0.15) is 0 Å². The molecule has 0 aromatic heterocycles. The molecule has 24 heavy (non-hydrogen) atoms. The number of likely N-dealkylation sites (N-methyl/N-ethyl adjacent to an activating group) is 1. The van der Waals surface area contributed by atoms with Crippen molar-refractivity contribution in [2.24, 2.45) is 0 Å². The number of rotatable bonds is 1. The molecule has 2 aromatic rings. The van der Waals surface area contributed by atoms with Crippen LogP contribution in [0.4, 0.5) is 4.39 Å². The summed E-state index contributed by atoms with van der Waals surface area (Å²) < 4.78 is 14.0. The van der Waals surface area contributed by atoms with E-state index >= 15 is 0 Å². The fraction of sp³-hybridized carbons (Fsp3) is 0.368. The third kappa shape index (κ3) is 3.21. The molecular formula is C19H20ClFN2S. The summed E-state index contributed by atoms with van der Waals surface area (Å²) >= 11 is 7.96. The highest BCUT2D eigenvalue weighted by Crippen LogP contribution is 2.43. The van der Waals surface area contributed by atoms with Crippen molar-refractivity contribution >= 4 is 23.4 Å². The molecule has 2 nitrogen and oxygen atoms in total. The highest BCUT2D eigenvalue weighted by Gasteiger charge is 2.29. The molecule has 0 radical (unpaired) electrons. The minimum atomic E-state index is -0.155. The van der Waals surface area contributed by atoms with Crippen molar-refractivity contribution in [2.75, 3.05) is 33.2 Å². The number of piperazine rings is 1. The van der Waals surface area contributed by atoms with Crippen LogP contribution in [0.25, 0.3) is 0 Å². The van der Waals surface area contributed by atoms with Crippen molar-refractivity contribution in [1.82, 2.24) is 9.80 Å². The van der Waals surface area contributed by atoms with Crippen LogP contribution in [0.3, 0.4) is 0 Å². The Bertz CT molecular complexity index is 759. The molecule has 2 aliphatic rings. The van der Waals surface area contributed by atoms with E-state index in [1.807, 2.05) is 12.1 Å². The highest BCUT2D eigenvalue weighted by molar-refractivity contribution is 7.99. The molecular weight excluding hydrogens is 343 g/mol. The summed E-state index contributed by atoms with van der Waals surface area (Å²) in [5, 5.41) is 0.767. The van der Waals surface area contributed by atoms with Crippen molar-refractivity contribution < 1.29 is 4.39 Å². The van der Waals surface area contributed by atoms with Crippen LogP contribution < -0.4 is 0 Å². The SMILES string of the molecule is CN1CCN(C2Cc3cc(Cl)ccc3Sc3ccc(F)cc32)CC1. The Morgan fingerprint density at radius 1 is 1.04 bits per heavy atom. The summed E-state index contributed by atoms with van der Waals surface area (Å²) in [6, 6.07) is 11.5. The Kier molecular flexibility index (Phi) is 4.56. The molecule has 5 heteroatoms. The first-order valence-corrected chi connectivity index (χ1v) is 9.48. The second kappa shape index (κ2) is 6.68. The molecule has 2 heterocycles. The first kappa shape index (κ1) is 16.4. The topological polar surface area (TPSA) is 6.48 Å². The highest BCUT2D eigenvalue weighted by atomic mass is 35.5. The molecule has 2 aliphatic heterocycles. The average Bonchev–Trinajstić information content (AvgIpc) is 2.72. The fourth-order valence-corrected chi connectivity index (χ4v) is 4.87. The summed E-state index contributed by atoms with van der Waals surface area (Å²) in [6.45, 7) is 4.13. The zero-order chi connectivity index (χ0) is 16.7. The van der Waals surface area contributed by atoms with Gasteiger partial charge in [-0.1, -0.05) is 23.4 Å². The molecule has 4 rings (SSSR count). The van der Waals surface area contributed by atoms with Gasteiger partial charge in [-0.3, -0.25) is 4.90 Å². The average molecular weight is 363 g/mol. The Hall–Kier alpha value is -1.07. The number of nitrogens with zero attached hydrogens (tertiary/aromatic N) is 2. The molecule has 1 fully saturated rings. The Morgan fingerprint density at radius 2 is 1.79 bits per heavy atom. The van der Waals surface area contributed by atoms with Gasteiger partial charge < -0.3 is 4.90 Å². The number of hydrogen-bond donors (Lipinski definition) is 0. The first-order valence-electron chi connectivity index (χ1n) is 8.28. The van der Waals surface area contributed by atoms with E-state index in [-0.39, 0.29) is 11.9 Å². The molecule has 1 atom stereocenters. The predicted molar refractivity (Wildman–Crippen MR) is 97.5 cm³/mol. The predicted octanol–water partition coefficient (Wildman–Crippen LogP) is 4.47. The standard InChI is InChI=1S/C19H20ClFN2S/c1-22-6-8-23(9-7-22)17-11-13-10-14(20)2-4-18(13)24-19-5-3-15(21)12-16(17)19/h2-5,10,12,17H,6-9,11H2,1H3. The van der Waals surface area contributed by atoms with Crippen molar-refractivity contribution in [3.63, 3.8) is 0 Å². The van der Waals surface area contributed by atoms with E-state index in [0.717, 1.165) is 48.1 Å². The van der Waals surface area contributed by atoms with Gasteiger partial charge in [0.15, 0.2) is 0 Å². The second-order valence-corrected chi connectivity index (χ2v) is 8.12. The molecule has 0 aliphatic carbocycles. The molecule has 0 N–H and O–H groups in total. The second-order valence-electron chi connectivity index (χ2n) is 6.60. The summed E-state index contributed by atoms with van der Waals surface area (Å²) in [6.07, 6.45) is 0.878. The lowest BCUT2D eigenvalue weighted by molar-refractivity contribution is 0.109. The Labute approximate surface area is 151 Å². The number of fused-ring (bicyclic) bond motifs is 2. The van der Waals surface area contributed by atoms with Gasteiger partial charge in [0.05, 0.1) is 0 Å². The Balaban J connectivity index is 1.77.